The zero-order chi connectivity index (χ0) is 19.1. The highest BCUT2D eigenvalue weighted by Crippen LogP contribution is 2.22. The average molecular weight is 380 g/mol. The molecule has 0 aliphatic carbocycles. The quantitative estimate of drug-likeness (QED) is 0.463. The van der Waals surface area contributed by atoms with Crippen LogP contribution in [0.4, 0.5) is 5.13 Å². The van der Waals surface area contributed by atoms with Crippen molar-refractivity contribution in [2.24, 2.45) is 0 Å². The highest BCUT2D eigenvalue weighted by Gasteiger charge is 2.15. The lowest BCUT2D eigenvalue weighted by atomic mass is 10.1. The Morgan fingerprint density at radius 1 is 1.07 bits per heavy atom. The molecule has 0 saturated heterocycles. The zero-order valence-corrected chi connectivity index (χ0v) is 15.8. The maximum atomic E-state index is 12.5. The lowest BCUT2D eigenvalue weighted by molar-refractivity contribution is 0.0953. The van der Waals surface area contributed by atoms with Crippen LogP contribution in [0.3, 0.4) is 0 Å². The van der Waals surface area contributed by atoms with Crippen LogP contribution in [0.15, 0.2) is 55.0 Å². The van der Waals surface area contributed by atoms with Crippen LogP contribution in [-0.2, 0) is 0 Å². The van der Waals surface area contributed by atoms with Gasteiger partial charge in [0.25, 0.3) is 5.91 Å². The Hall–Kier alpha value is -3.06. The van der Waals surface area contributed by atoms with Crippen molar-refractivity contribution in [3.8, 4) is 0 Å². The van der Waals surface area contributed by atoms with Gasteiger partial charge in [-0.05, 0) is 37.1 Å². The monoisotopic (exact) mass is 380 g/mol. The number of thiazole rings is 1. The van der Waals surface area contributed by atoms with Gasteiger partial charge >= 0.3 is 0 Å². The molecule has 6 nitrogen and oxygen atoms in total. The van der Waals surface area contributed by atoms with E-state index in [1.54, 1.807) is 30.7 Å². The Labute approximate surface area is 161 Å². The molecule has 0 saturated carbocycles. The zero-order valence-electron chi connectivity index (χ0n) is 14.9. The smallest absolute Gasteiger partial charge is 0.251 e. The molecule has 2 heterocycles. The fourth-order valence-corrected chi connectivity index (χ4v) is 3.27. The summed E-state index contributed by atoms with van der Waals surface area (Å²) >= 11 is 1.32. The van der Waals surface area contributed by atoms with Crippen LogP contribution in [0.1, 0.15) is 37.6 Å². The van der Waals surface area contributed by atoms with Gasteiger partial charge in [0, 0.05) is 36.6 Å². The van der Waals surface area contributed by atoms with Crippen molar-refractivity contribution in [3.63, 3.8) is 0 Å². The van der Waals surface area contributed by atoms with Gasteiger partial charge in [0.05, 0.1) is 11.1 Å². The number of aryl methyl sites for hydroxylation is 1. The SMILES string of the molecule is Cc1ccncc1C(=O)c1cnc(NCCCNC(=O)c2ccccc2)s1. The van der Waals surface area contributed by atoms with Crippen molar-refractivity contribution in [1.29, 1.82) is 0 Å². The number of anilines is 1. The van der Waals surface area contributed by atoms with Crippen molar-refractivity contribution in [2.45, 2.75) is 13.3 Å². The first kappa shape index (κ1) is 18.7. The molecule has 0 atom stereocenters. The predicted octanol–water partition coefficient (Wildman–Crippen LogP) is 3.31. The third-order valence-corrected chi connectivity index (χ3v) is 4.92. The fraction of sp³-hybridized carbons (Fsp3) is 0.200. The normalized spacial score (nSPS) is 10.4. The Bertz CT molecular complexity index is 924. The van der Waals surface area contributed by atoms with Crippen molar-refractivity contribution in [1.82, 2.24) is 15.3 Å². The second kappa shape index (κ2) is 9.05. The number of aromatic nitrogens is 2. The van der Waals surface area contributed by atoms with E-state index in [0.717, 1.165) is 12.0 Å². The molecule has 0 fully saturated rings. The molecule has 0 aliphatic rings. The van der Waals surface area contributed by atoms with E-state index >= 15 is 0 Å². The van der Waals surface area contributed by atoms with E-state index in [1.165, 1.54) is 11.3 Å². The standard InChI is InChI=1S/C20H20N4O2S/c1-14-8-11-21-12-16(14)18(25)17-13-24-20(27-17)23-10-5-9-22-19(26)15-6-3-2-4-7-15/h2-4,6-8,11-13H,5,9-10H2,1H3,(H,22,26)(H,23,24). The maximum absolute atomic E-state index is 12.5. The topological polar surface area (TPSA) is 84.0 Å². The average Bonchev–Trinajstić information content (AvgIpc) is 3.17. The molecule has 0 radical (unpaired) electrons. The Kier molecular flexibility index (Phi) is 6.27. The van der Waals surface area contributed by atoms with Gasteiger partial charge in [-0.25, -0.2) is 4.98 Å². The number of amides is 1. The first-order valence-corrected chi connectivity index (χ1v) is 9.45. The number of nitrogens with one attached hydrogen (secondary N) is 2. The number of pyridine rings is 1. The minimum atomic E-state index is -0.0791. The molecule has 0 bridgehead atoms. The van der Waals surface area contributed by atoms with E-state index in [-0.39, 0.29) is 11.7 Å². The number of carbonyl (C=O) groups excluding carboxylic acids is 2. The molecule has 27 heavy (non-hydrogen) atoms. The minimum absolute atomic E-state index is 0.0683. The molecule has 1 amide bonds. The second-order valence-corrected chi connectivity index (χ2v) is 6.98. The summed E-state index contributed by atoms with van der Waals surface area (Å²) in [5.74, 6) is -0.147. The van der Waals surface area contributed by atoms with Gasteiger partial charge in [-0.15, -0.1) is 0 Å². The summed E-state index contributed by atoms with van der Waals surface area (Å²) in [6, 6.07) is 10.9. The van der Waals surface area contributed by atoms with Crippen LogP contribution in [-0.4, -0.2) is 34.7 Å². The van der Waals surface area contributed by atoms with Crippen LogP contribution in [0.5, 0.6) is 0 Å². The number of hydrogen-bond acceptors (Lipinski definition) is 6. The van der Waals surface area contributed by atoms with Crippen LogP contribution in [0.25, 0.3) is 0 Å². The van der Waals surface area contributed by atoms with Crippen LogP contribution >= 0.6 is 11.3 Å². The number of hydrogen-bond donors (Lipinski definition) is 2. The largest absolute Gasteiger partial charge is 0.361 e. The van der Waals surface area contributed by atoms with Crippen LogP contribution in [0.2, 0.25) is 0 Å². The molecular formula is C20H20N4O2S. The summed E-state index contributed by atoms with van der Waals surface area (Å²) in [5, 5.41) is 6.76. The summed E-state index contributed by atoms with van der Waals surface area (Å²) < 4.78 is 0. The number of benzene rings is 1. The van der Waals surface area contributed by atoms with Gasteiger partial charge in [-0.1, -0.05) is 29.5 Å². The third-order valence-electron chi connectivity index (χ3n) is 3.96. The van der Waals surface area contributed by atoms with E-state index in [9.17, 15) is 9.59 Å². The first-order chi connectivity index (χ1) is 13.1. The van der Waals surface area contributed by atoms with Gasteiger partial charge in [0.1, 0.15) is 0 Å². The van der Waals surface area contributed by atoms with E-state index in [2.05, 4.69) is 20.6 Å². The molecule has 2 N–H and O–H groups in total. The molecule has 0 unspecified atom stereocenters. The van der Waals surface area contributed by atoms with Gasteiger partial charge in [-0.3, -0.25) is 14.6 Å². The van der Waals surface area contributed by atoms with Gasteiger partial charge in [0.2, 0.25) is 5.78 Å². The molecular weight excluding hydrogens is 360 g/mol. The number of carbonyl (C=O) groups is 2. The Morgan fingerprint density at radius 2 is 1.89 bits per heavy atom. The molecule has 7 heteroatoms. The lowest BCUT2D eigenvalue weighted by Crippen LogP contribution is -2.25. The molecule has 0 aliphatic heterocycles. The van der Waals surface area contributed by atoms with Crippen molar-refractivity contribution in [3.05, 3.63) is 76.6 Å². The molecule has 138 valence electrons. The van der Waals surface area contributed by atoms with Crippen LogP contribution < -0.4 is 10.6 Å². The second-order valence-electron chi connectivity index (χ2n) is 5.95. The predicted molar refractivity (Wildman–Crippen MR) is 106 cm³/mol. The van der Waals surface area contributed by atoms with Crippen molar-refractivity contribution in [2.75, 3.05) is 18.4 Å². The number of rotatable bonds is 8. The van der Waals surface area contributed by atoms with E-state index in [0.29, 0.717) is 34.2 Å². The Morgan fingerprint density at radius 3 is 2.67 bits per heavy atom. The molecule has 0 spiro atoms. The fourth-order valence-electron chi connectivity index (χ4n) is 2.47. The van der Waals surface area contributed by atoms with Crippen molar-refractivity contribution < 1.29 is 9.59 Å². The summed E-state index contributed by atoms with van der Waals surface area (Å²) in [7, 11) is 0. The minimum Gasteiger partial charge on any atom is -0.361 e. The summed E-state index contributed by atoms with van der Waals surface area (Å²) in [4.78, 5) is 33.3. The maximum Gasteiger partial charge on any atom is 0.251 e. The summed E-state index contributed by atoms with van der Waals surface area (Å²) in [6.07, 6.45) is 5.59. The van der Waals surface area contributed by atoms with E-state index in [1.807, 2.05) is 31.2 Å². The molecule has 2 aromatic heterocycles. The Balaban J connectivity index is 1.44. The lowest BCUT2D eigenvalue weighted by Gasteiger charge is -2.05. The van der Waals surface area contributed by atoms with Gasteiger partial charge < -0.3 is 10.6 Å². The highest BCUT2D eigenvalue weighted by molar-refractivity contribution is 7.17. The summed E-state index contributed by atoms with van der Waals surface area (Å²) in [6.45, 7) is 3.10. The highest BCUT2D eigenvalue weighted by atomic mass is 32.1. The van der Waals surface area contributed by atoms with Gasteiger partial charge in [-0.2, -0.15) is 0 Å². The third kappa shape index (κ3) is 4.98. The van der Waals surface area contributed by atoms with E-state index in [4.69, 9.17) is 0 Å². The van der Waals surface area contributed by atoms with Crippen molar-refractivity contribution >= 4 is 28.2 Å². The molecule has 3 aromatic rings. The summed E-state index contributed by atoms with van der Waals surface area (Å²) in [5.41, 5.74) is 2.14. The molecule has 1 aromatic carbocycles. The first-order valence-electron chi connectivity index (χ1n) is 8.63. The number of nitrogens with zero attached hydrogens (tertiary/aromatic N) is 2. The van der Waals surface area contributed by atoms with Gasteiger partial charge in [0.15, 0.2) is 5.13 Å². The van der Waals surface area contributed by atoms with E-state index < -0.39 is 0 Å². The molecule has 3 rings (SSSR count). The van der Waals surface area contributed by atoms with Crippen LogP contribution in [0, 0.1) is 6.92 Å². The number of ketones is 1.